The van der Waals surface area contributed by atoms with Crippen molar-refractivity contribution in [1.82, 2.24) is 0 Å². The number of ether oxygens (including phenoxy) is 3. The first-order valence-corrected chi connectivity index (χ1v) is 5.86. The highest BCUT2D eigenvalue weighted by molar-refractivity contribution is 6.30. The normalized spacial score (nSPS) is 10.5. The van der Waals surface area contributed by atoms with Crippen LogP contribution in [0.1, 0.15) is 6.42 Å². The van der Waals surface area contributed by atoms with Crippen molar-refractivity contribution in [2.45, 2.75) is 6.42 Å². The van der Waals surface area contributed by atoms with Crippen LogP contribution in [0, 0.1) is 0 Å². The van der Waals surface area contributed by atoms with E-state index in [1.165, 1.54) is 0 Å². The fourth-order valence-electron chi connectivity index (χ4n) is 1.24. The van der Waals surface area contributed by atoms with Gasteiger partial charge in [0.1, 0.15) is 5.75 Å². The topological polar surface area (TPSA) is 53.7 Å². The number of halogens is 1. The van der Waals surface area contributed by atoms with Crippen LogP contribution in [-0.2, 0) is 9.47 Å². The van der Waals surface area contributed by atoms with Gasteiger partial charge in [-0.3, -0.25) is 0 Å². The van der Waals surface area contributed by atoms with Gasteiger partial charge in [-0.1, -0.05) is 11.6 Å². The van der Waals surface area contributed by atoms with Crippen LogP contribution in [0.25, 0.3) is 0 Å². The molecular weight excluding hydrogens is 242 g/mol. The highest BCUT2D eigenvalue weighted by Crippen LogP contribution is 2.24. The molecule has 0 aromatic heterocycles. The summed E-state index contributed by atoms with van der Waals surface area (Å²) in [5, 5.41) is 0.609. The van der Waals surface area contributed by atoms with Crippen molar-refractivity contribution in [3.05, 3.63) is 23.2 Å². The van der Waals surface area contributed by atoms with E-state index in [0.29, 0.717) is 42.9 Å². The molecule has 1 aromatic rings. The van der Waals surface area contributed by atoms with Crippen LogP contribution >= 0.6 is 11.6 Å². The molecule has 0 unspecified atom stereocenters. The summed E-state index contributed by atoms with van der Waals surface area (Å²) >= 11 is 5.78. The van der Waals surface area contributed by atoms with Crippen LogP contribution in [0.15, 0.2) is 18.2 Å². The molecule has 1 rings (SSSR count). The molecule has 0 aliphatic heterocycles. The summed E-state index contributed by atoms with van der Waals surface area (Å²) in [5.41, 5.74) is 6.30. The van der Waals surface area contributed by atoms with E-state index < -0.39 is 0 Å². The van der Waals surface area contributed by atoms with E-state index in [0.717, 1.165) is 6.42 Å². The first kappa shape index (κ1) is 14.1. The van der Waals surface area contributed by atoms with Crippen LogP contribution in [0.4, 0.5) is 5.69 Å². The molecule has 17 heavy (non-hydrogen) atoms. The average Bonchev–Trinajstić information content (AvgIpc) is 2.30. The highest BCUT2D eigenvalue weighted by Gasteiger charge is 2.00. The largest absolute Gasteiger partial charge is 0.491 e. The Morgan fingerprint density at radius 3 is 2.71 bits per heavy atom. The summed E-state index contributed by atoms with van der Waals surface area (Å²) in [6, 6.07) is 5.19. The van der Waals surface area contributed by atoms with Gasteiger partial charge in [0.15, 0.2) is 0 Å². The van der Waals surface area contributed by atoms with Gasteiger partial charge in [0.05, 0.1) is 25.5 Å². The van der Waals surface area contributed by atoms with Gasteiger partial charge in [-0.15, -0.1) is 0 Å². The monoisotopic (exact) mass is 259 g/mol. The lowest BCUT2D eigenvalue weighted by Crippen LogP contribution is -2.07. The Balaban J connectivity index is 2.14. The molecule has 4 nitrogen and oxygen atoms in total. The van der Waals surface area contributed by atoms with E-state index >= 15 is 0 Å². The molecule has 5 heteroatoms. The van der Waals surface area contributed by atoms with Crippen molar-refractivity contribution < 1.29 is 14.2 Å². The minimum Gasteiger partial charge on any atom is -0.491 e. The molecule has 0 radical (unpaired) electrons. The first-order valence-electron chi connectivity index (χ1n) is 5.48. The Hall–Kier alpha value is -0.970. The molecule has 96 valence electrons. The van der Waals surface area contributed by atoms with Gasteiger partial charge < -0.3 is 19.9 Å². The Morgan fingerprint density at radius 1 is 1.18 bits per heavy atom. The molecule has 0 saturated heterocycles. The number of benzene rings is 1. The van der Waals surface area contributed by atoms with Crippen molar-refractivity contribution >= 4 is 17.3 Å². The van der Waals surface area contributed by atoms with Gasteiger partial charge in [-0.2, -0.15) is 0 Å². The zero-order valence-electron chi connectivity index (χ0n) is 9.95. The lowest BCUT2D eigenvalue weighted by molar-refractivity contribution is 0.0645. The minimum atomic E-state index is 0.554. The van der Waals surface area contributed by atoms with E-state index in [1.54, 1.807) is 25.3 Å². The van der Waals surface area contributed by atoms with Crippen LogP contribution in [-0.4, -0.2) is 33.5 Å². The smallest absolute Gasteiger partial charge is 0.142 e. The van der Waals surface area contributed by atoms with Crippen molar-refractivity contribution in [2.75, 3.05) is 39.3 Å². The second-order valence-corrected chi connectivity index (χ2v) is 3.93. The maximum atomic E-state index is 5.78. The predicted octanol–water partition coefficient (Wildman–Crippen LogP) is 2.35. The second kappa shape index (κ2) is 8.17. The summed E-state index contributed by atoms with van der Waals surface area (Å²) < 4.78 is 15.7. The maximum absolute atomic E-state index is 5.78. The van der Waals surface area contributed by atoms with Gasteiger partial charge >= 0.3 is 0 Å². The van der Waals surface area contributed by atoms with Crippen molar-refractivity contribution in [3.8, 4) is 5.75 Å². The maximum Gasteiger partial charge on any atom is 0.142 e. The number of nitrogen functional groups attached to an aromatic ring is 1. The lowest BCUT2D eigenvalue weighted by Gasteiger charge is -2.09. The average molecular weight is 260 g/mol. The van der Waals surface area contributed by atoms with Gasteiger partial charge in [0, 0.05) is 25.2 Å². The Bertz CT molecular complexity index is 334. The molecule has 0 spiro atoms. The number of hydrogen-bond donors (Lipinski definition) is 1. The summed E-state index contributed by atoms with van der Waals surface area (Å²) in [4.78, 5) is 0. The van der Waals surface area contributed by atoms with Gasteiger partial charge in [-0.05, 0) is 18.2 Å². The third-order valence-electron chi connectivity index (χ3n) is 2.09. The van der Waals surface area contributed by atoms with Crippen molar-refractivity contribution in [2.24, 2.45) is 0 Å². The Labute approximate surface area is 107 Å². The molecule has 0 fully saturated rings. The standard InChI is InChI=1S/C12H18ClNO3/c1-15-7-8-16-5-2-6-17-12-4-3-10(13)9-11(12)14/h3-4,9H,2,5-8,14H2,1H3. The third-order valence-corrected chi connectivity index (χ3v) is 2.33. The second-order valence-electron chi connectivity index (χ2n) is 3.49. The Kier molecular flexibility index (Phi) is 6.77. The fraction of sp³-hybridized carbons (Fsp3) is 0.500. The van der Waals surface area contributed by atoms with E-state index in [-0.39, 0.29) is 0 Å². The fourth-order valence-corrected chi connectivity index (χ4v) is 1.42. The number of hydrogen-bond acceptors (Lipinski definition) is 4. The highest BCUT2D eigenvalue weighted by atomic mass is 35.5. The lowest BCUT2D eigenvalue weighted by atomic mass is 10.3. The molecule has 0 aliphatic rings. The molecule has 0 heterocycles. The summed E-state index contributed by atoms with van der Waals surface area (Å²) in [6.07, 6.45) is 0.811. The number of rotatable bonds is 8. The number of nitrogens with two attached hydrogens (primary N) is 1. The van der Waals surface area contributed by atoms with E-state index in [1.807, 2.05) is 0 Å². The third kappa shape index (κ3) is 5.77. The molecular formula is C12H18ClNO3. The van der Waals surface area contributed by atoms with E-state index in [4.69, 9.17) is 31.5 Å². The Morgan fingerprint density at radius 2 is 2.00 bits per heavy atom. The molecule has 0 atom stereocenters. The number of anilines is 1. The van der Waals surface area contributed by atoms with Gasteiger partial charge in [0.25, 0.3) is 0 Å². The molecule has 0 amide bonds. The van der Waals surface area contributed by atoms with E-state index in [2.05, 4.69) is 0 Å². The molecule has 2 N–H and O–H groups in total. The van der Waals surface area contributed by atoms with Crippen LogP contribution in [0.3, 0.4) is 0 Å². The van der Waals surface area contributed by atoms with Crippen molar-refractivity contribution in [3.63, 3.8) is 0 Å². The summed E-state index contributed by atoms with van der Waals surface area (Å²) in [5.74, 6) is 0.659. The van der Waals surface area contributed by atoms with E-state index in [9.17, 15) is 0 Å². The van der Waals surface area contributed by atoms with Crippen LogP contribution in [0.5, 0.6) is 5.75 Å². The molecule has 0 bridgehead atoms. The van der Waals surface area contributed by atoms with Gasteiger partial charge in [-0.25, -0.2) is 0 Å². The van der Waals surface area contributed by atoms with Crippen LogP contribution in [0.2, 0.25) is 5.02 Å². The first-order chi connectivity index (χ1) is 8.24. The number of methoxy groups -OCH3 is 1. The SMILES string of the molecule is COCCOCCCOc1ccc(Cl)cc1N. The van der Waals surface area contributed by atoms with Crippen molar-refractivity contribution in [1.29, 1.82) is 0 Å². The molecule has 0 saturated carbocycles. The van der Waals surface area contributed by atoms with Gasteiger partial charge in [0.2, 0.25) is 0 Å². The molecule has 1 aromatic carbocycles. The quantitative estimate of drug-likeness (QED) is 0.575. The van der Waals surface area contributed by atoms with Crippen LogP contribution < -0.4 is 10.5 Å². The minimum absolute atomic E-state index is 0.554. The molecule has 0 aliphatic carbocycles. The zero-order chi connectivity index (χ0) is 12.5. The summed E-state index contributed by atoms with van der Waals surface area (Å²) in [6.45, 7) is 2.44. The predicted molar refractivity (Wildman–Crippen MR) is 68.7 cm³/mol. The zero-order valence-corrected chi connectivity index (χ0v) is 10.7. The summed E-state index contributed by atoms with van der Waals surface area (Å²) in [7, 11) is 1.65.